The van der Waals surface area contributed by atoms with Gasteiger partial charge in [0.15, 0.2) is 0 Å². The molecule has 2 heteroatoms. The van der Waals surface area contributed by atoms with E-state index in [2.05, 4.69) is 43.4 Å². The van der Waals surface area contributed by atoms with Crippen molar-refractivity contribution in [3.05, 3.63) is 71.5 Å². The SMILES string of the molecule is CC(Cc1ccccc1)NC(C)Cc1ccc(F)cc1. The summed E-state index contributed by atoms with van der Waals surface area (Å²) in [6.07, 6.45) is 1.94. The van der Waals surface area contributed by atoms with Crippen LogP contribution in [0.1, 0.15) is 25.0 Å². The summed E-state index contributed by atoms with van der Waals surface area (Å²) in [6.45, 7) is 4.37. The molecule has 106 valence electrons. The molecule has 1 nitrogen and oxygen atoms in total. The molecule has 2 atom stereocenters. The van der Waals surface area contributed by atoms with Gasteiger partial charge < -0.3 is 5.32 Å². The molecule has 0 spiro atoms. The molecule has 2 aromatic carbocycles. The summed E-state index contributed by atoms with van der Waals surface area (Å²) in [5, 5.41) is 3.60. The first-order valence-electron chi connectivity index (χ1n) is 7.18. The van der Waals surface area contributed by atoms with Crippen LogP contribution in [0.3, 0.4) is 0 Å². The Morgan fingerprint density at radius 2 is 1.30 bits per heavy atom. The van der Waals surface area contributed by atoms with E-state index in [0.29, 0.717) is 12.1 Å². The molecule has 0 aliphatic rings. The van der Waals surface area contributed by atoms with Crippen molar-refractivity contribution in [3.8, 4) is 0 Å². The third kappa shape index (κ3) is 4.78. The van der Waals surface area contributed by atoms with Gasteiger partial charge in [-0.1, -0.05) is 42.5 Å². The number of hydrogen-bond acceptors (Lipinski definition) is 1. The van der Waals surface area contributed by atoms with E-state index in [1.807, 2.05) is 18.2 Å². The average Bonchev–Trinajstić information content (AvgIpc) is 2.42. The molecule has 0 fully saturated rings. The molecule has 0 bridgehead atoms. The van der Waals surface area contributed by atoms with Crippen molar-refractivity contribution < 1.29 is 4.39 Å². The highest BCUT2D eigenvalue weighted by atomic mass is 19.1. The van der Waals surface area contributed by atoms with Crippen LogP contribution in [-0.4, -0.2) is 12.1 Å². The standard InChI is InChI=1S/C18H22FN/c1-14(12-16-6-4-3-5-7-16)20-15(2)13-17-8-10-18(19)11-9-17/h3-11,14-15,20H,12-13H2,1-2H3. The largest absolute Gasteiger partial charge is 0.311 e. The first-order chi connectivity index (χ1) is 9.63. The third-order valence-corrected chi connectivity index (χ3v) is 3.41. The van der Waals surface area contributed by atoms with Crippen LogP contribution in [0.15, 0.2) is 54.6 Å². The van der Waals surface area contributed by atoms with E-state index in [4.69, 9.17) is 0 Å². The van der Waals surface area contributed by atoms with E-state index in [1.54, 1.807) is 0 Å². The van der Waals surface area contributed by atoms with E-state index >= 15 is 0 Å². The molecule has 20 heavy (non-hydrogen) atoms. The van der Waals surface area contributed by atoms with Gasteiger partial charge in [-0.3, -0.25) is 0 Å². The summed E-state index contributed by atoms with van der Waals surface area (Å²) in [4.78, 5) is 0. The van der Waals surface area contributed by atoms with Crippen molar-refractivity contribution in [2.24, 2.45) is 0 Å². The summed E-state index contributed by atoms with van der Waals surface area (Å²) in [5.74, 6) is -0.174. The molecule has 2 rings (SSSR count). The predicted molar refractivity (Wildman–Crippen MR) is 82.3 cm³/mol. The lowest BCUT2D eigenvalue weighted by Gasteiger charge is -2.20. The second-order valence-corrected chi connectivity index (χ2v) is 5.49. The van der Waals surface area contributed by atoms with Crippen molar-refractivity contribution in [2.75, 3.05) is 0 Å². The molecule has 0 aromatic heterocycles. The third-order valence-electron chi connectivity index (χ3n) is 3.41. The van der Waals surface area contributed by atoms with E-state index < -0.39 is 0 Å². The zero-order chi connectivity index (χ0) is 14.4. The van der Waals surface area contributed by atoms with Crippen LogP contribution in [-0.2, 0) is 12.8 Å². The zero-order valence-corrected chi connectivity index (χ0v) is 12.1. The Kier molecular flexibility index (Phi) is 5.31. The monoisotopic (exact) mass is 271 g/mol. The molecular weight excluding hydrogens is 249 g/mol. The number of nitrogens with one attached hydrogen (secondary N) is 1. The lowest BCUT2D eigenvalue weighted by atomic mass is 10.0. The van der Waals surface area contributed by atoms with Crippen LogP contribution in [0.4, 0.5) is 4.39 Å². The van der Waals surface area contributed by atoms with Gasteiger partial charge in [0.05, 0.1) is 0 Å². The fourth-order valence-electron chi connectivity index (χ4n) is 2.55. The smallest absolute Gasteiger partial charge is 0.123 e. The summed E-state index contributed by atoms with van der Waals surface area (Å²) in [5.41, 5.74) is 2.51. The van der Waals surface area contributed by atoms with E-state index in [1.165, 1.54) is 23.3 Å². The van der Waals surface area contributed by atoms with E-state index in [0.717, 1.165) is 12.8 Å². The van der Waals surface area contributed by atoms with Crippen molar-refractivity contribution in [2.45, 2.75) is 38.8 Å². The summed E-state index contributed by atoms with van der Waals surface area (Å²) >= 11 is 0. The van der Waals surface area contributed by atoms with Gasteiger partial charge in [-0.25, -0.2) is 4.39 Å². The predicted octanol–water partition coefficient (Wildman–Crippen LogP) is 3.98. The van der Waals surface area contributed by atoms with Gasteiger partial charge in [-0.15, -0.1) is 0 Å². The molecule has 0 aliphatic carbocycles. The van der Waals surface area contributed by atoms with E-state index in [-0.39, 0.29) is 5.82 Å². The minimum absolute atomic E-state index is 0.174. The highest BCUT2D eigenvalue weighted by Gasteiger charge is 2.09. The summed E-state index contributed by atoms with van der Waals surface area (Å²) in [6, 6.07) is 18.1. The molecule has 0 aliphatic heterocycles. The second kappa shape index (κ2) is 7.20. The maximum atomic E-state index is 12.9. The maximum Gasteiger partial charge on any atom is 0.123 e. The van der Waals surface area contributed by atoms with Crippen LogP contribution < -0.4 is 5.32 Å². The molecular formula is C18H22FN. The van der Waals surface area contributed by atoms with Crippen molar-refractivity contribution in [1.29, 1.82) is 0 Å². The average molecular weight is 271 g/mol. The Hall–Kier alpha value is -1.67. The fourth-order valence-corrected chi connectivity index (χ4v) is 2.55. The zero-order valence-electron chi connectivity index (χ0n) is 12.1. The molecule has 2 unspecified atom stereocenters. The highest BCUT2D eigenvalue weighted by molar-refractivity contribution is 5.18. The van der Waals surface area contributed by atoms with Crippen molar-refractivity contribution in [1.82, 2.24) is 5.32 Å². The Bertz CT molecular complexity index is 507. The lowest BCUT2D eigenvalue weighted by Crippen LogP contribution is -2.37. The Balaban J connectivity index is 1.81. The van der Waals surface area contributed by atoms with Gasteiger partial charge in [-0.05, 0) is 49.9 Å². The van der Waals surface area contributed by atoms with Gasteiger partial charge in [0, 0.05) is 12.1 Å². The van der Waals surface area contributed by atoms with Gasteiger partial charge in [0.2, 0.25) is 0 Å². The summed E-state index contributed by atoms with van der Waals surface area (Å²) < 4.78 is 12.9. The maximum absolute atomic E-state index is 12.9. The molecule has 0 saturated heterocycles. The lowest BCUT2D eigenvalue weighted by molar-refractivity contribution is 0.462. The van der Waals surface area contributed by atoms with Gasteiger partial charge >= 0.3 is 0 Å². The first-order valence-corrected chi connectivity index (χ1v) is 7.18. The molecule has 0 heterocycles. The van der Waals surface area contributed by atoms with E-state index in [9.17, 15) is 4.39 Å². The van der Waals surface area contributed by atoms with Crippen molar-refractivity contribution in [3.63, 3.8) is 0 Å². The Morgan fingerprint density at radius 1 is 0.800 bits per heavy atom. The van der Waals surface area contributed by atoms with Crippen molar-refractivity contribution >= 4 is 0 Å². The van der Waals surface area contributed by atoms with Crippen LogP contribution in [0, 0.1) is 5.82 Å². The molecule has 0 radical (unpaired) electrons. The Labute approximate surface area is 120 Å². The molecule has 2 aromatic rings. The van der Waals surface area contributed by atoms with Crippen LogP contribution in [0.25, 0.3) is 0 Å². The molecule has 0 amide bonds. The number of halogens is 1. The number of rotatable bonds is 6. The van der Waals surface area contributed by atoms with Gasteiger partial charge in [0.25, 0.3) is 0 Å². The minimum Gasteiger partial charge on any atom is -0.311 e. The van der Waals surface area contributed by atoms with Crippen LogP contribution in [0.5, 0.6) is 0 Å². The fraction of sp³-hybridized carbons (Fsp3) is 0.333. The van der Waals surface area contributed by atoms with Crippen LogP contribution in [0.2, 0.25) is 0 Å². The normalized spacial score (nSPS) is 13.9. The van der Waals surface area contributed by atoms with Gasteiger partial charge in [0.1, 0.15) is 5.82 Å². The Morgan fingerprint density at radius 3 is 1.85 bits per heavy atom. The number of benzene rings is 2. The topological polar surface area (TPSA) is 12.0 Å². The van der Waals surface area contributed by atoms with Crippen LogP contribution >= 0.6 is 0 Å². The molecule has 1 N–H and O–H groups in total. The quantitative estimate of drug-likeness (QED) is 0.838. The van der Waals surface area contributed by atoms with Gasteiger partial charge in [-0.2, -0.15) is 0 Å². The summed E-state index contributed by atoms with van der Waals surface area (Å²) in [7, 11) is 0. The highest BCUT2D eigenvalue weighted by Crippen LogP contribution is 2.08. The minimum atomic E-state index is -0.174. The second-order valence-electron chi connectivity index (χ2n) is 5.49. The number of hydrogen-bond donors (Lipinski definition) is 1. The first kappa shape index (κ1) is 14.7. The molecule has 0 saturated carbocycles.